The van der Waals surface area contributed by atoms with Gasteiger partial charge in [0.05, 0.1) is 0 Å². The number of hydrogen-bond donors (Lipinski definition) is 1. The molecule has 0 aliphatic heterocycles. The van der Waals surface area contributed by atoms with Gasteiger partial charge in [-0.2, -0.15) is 0 Å². The summed E-state index contributed by atoms with van der Waals surface area (Å²) in [6, 6.07) is 17.8. The van der Waals surface area contributed by atoms with Gasteiger partial charge in [-0.3, -0.25) is 4.79 Å². The Morgan fingerprint density at radius 2 is 1.93 bits per heavy atom. The van der Waals surface area contributed by atoms with E-state index in [2.05, 4.69) is 26.4 Å². The number of anilines is 1. The third-order valence-corrected chi connectivity index (χ3v) is 4.21. The van der Waals surface area contributed by atoms with E-state index < -0.39 is 18.0 Å². The first-order valence-electron chi connectivity index (χ1n) is 8.44. The molecule has 2 aromatic carbocycles. The molecule has 142 valence electrons. The van der Waals surface area contributed by atoms with Crippen LogP contribution in [-0.2, 0) is 14.3 Å². The predicted octanol–water partition coefficient (Wildman–Crippen LogP) is 4.68. The summed E-state index contributed by atoms with van der Waals surface area (Å²) < 4.78 is 11.3. The molecule has 0 fully saturated rings. The number of aromatic nitrogens is 1. The topological polar surface area (TPSA) is 81.4 Å². The average molecular weight is 441 g/mol. The van der Waals surface area contributed by atoms with Crippen molar-refractivity contribution in [1.82, 2.24) is 5.16 Å². The summed E-state index contributed by atoms with van der Waals surface area (Å²) in [5.74, 6) is -0.353. The Labute approximate surface area is 170 Å². The van der Waals surface area contributed by atoms with Crippen molar-refractivity contribution in [2.24, 2.45) is 0 Å². The van der Waals surface area contributed by atoms with Gasteiger partial charge in [0.1, 0.15) is 5.76 Å². The number of amides is 1. The number of nitrogens with zero attached hydrogens (tertiary/aromatic N) is 1. The van der Waals surface area contributed by atoms with Crippen LogP contribution >= 0.6 is 15.9 Å². The number of carbonyl (C=O) groups excluding carboxylic acids is 2. The monoisotopic (exact) mass is 440 g/mol. The molecule has 28 heavy (non-hydrogen) atoms. The fourth-order valence-corrected chi connectivity index (χ4v) is 2.86. The Morgan fingerprint density at radius 1 is 1.14 bits per heavy atom. The van der Waals surface area contributed by atoms with Crippen LogP contribution in [-0.4, -0.2) is 17.0 Å². The van der Waals surface area contributed by atoms with Gasteiger partial charge >= 0.3 is 5.97 Å². The van der Waals surface area contributed by atoms with Crippen molar-refractivity contribution in [2.75, 3.05) is 5.32 Å². The van der Waals surface area contributed by atoms with Gasteiger partial charge in [-0.15, -0.1) is 0 Å². The maximum atomic E-state index is 12.7. The molecule has 0 spiro atoms. The first-order valence-corrected chi connectivity index (χ1v) is 9.24. The van der Waals surface area contributed by atoms with Crippen molar-refractivity contribution in [3.8, 4) is 0 Å². The molecule has 3 aromatic rings. The molecule has 1 heterocycles. The zero-order valence-corrected chi connectivity index (χ0v) is 16.5. The van der Waals surface area contributed by atoms with E-state index in [0.29, 0.717) is 11.3 Å². The highest BCUT2D eigenvalue weighted by Crippen LogP contribution is 2.21. The van der Waals surface area contributed by atoms with Gasteiger partial charge in [0.25, 0.3) is 5.91 Å². The minimum Gasteiger partial charge on any atom is -0.444 e. The molecule has 1 unspecified atom stereocenters. The number of halogens is 1. The molecule has 0 aliphatic rings. The third-order valence-electron chi connectivity index (χ3n) is 3.71. The number of esters is 1. The molecule has 1 amide bonds. The van der Waals surface area contributed by atoms with Crippen LogP contribution in [0.3, 0.4) is 0 Å². The maximum Gasteiger partial charge on any atom is 0.331 e. The molecule has 0 saturated carbocycles. The molecule has 1 N–H and O–H groups in total. The van der Waals surface area contributed by atoms with Crippen LogP contribution < -0.4 is 5.32 Å². The number of rotatable bonds is 6. The second-order valence-corrected chi connectivity index (χ2v) is 6.84. The van der Waals surface area contributed by atoms with E-state index >= 15 is 0 Å². The fraction of sp³-hybridized carbons (Fsp3) is 0.0952. The van der Waals surface area contributed by atoms with Crippen LogP contribution in [0.1, 0.15) is 23.0 Å². The Kier molecular flexibility index (Phi) is 6.39. The molecule has 0 bridgehead atoms. The number of hydrogen-bond acceptors (Lipinski definition) is 5. The normalized spacial score (nSPS) is 11.9. The van der Waals surface area contributed by atoms with E-state index in [9.17, 15) is 9.59 Å². The number of nitrogens with one attached hydrogen (secondary N) is 1. The second kappa shape index (κ2) is 9.14. The van der Waals surface area contributed by atoms with Crippen molar-refractivity contribution < 1.29 is 18.8 Å². The van der Waals surface area contributed by atoms with Crippen LogP contribution in [0.25, 0.3) is 6.08 Å². The zero-order valence-electron chi connectivity index (χ0n) is 15.0. The van der Waals surface area contributed by atoms with Crippen molar-refractivity contribution in [1.29, 1.82) is 0 Å². The lowest BCUT2D eigenvalue weighted by atomic mass is 10.1. The molecule has 0 radical (unpaired) electrons. The van der Waals surface area contributed by atoms with Crippen molar-refractivity contribution in [3.63, 3.8) is 0 Å². The van der Waals surface area contributed by atoms with E-state index in [4.69, 9.17) is 9.26 Å². The highest BCUT2D eigenvalue weighted by molar-refractivity contribution is 9.10. The molecule has 1 aromatic heterocycles. The highest BCUT2D eigenvalue weighted by Gasteiger charge is 2.25. The lowest BCUT2D eigenvalue weighted by molar-refractivity contribution is -0.149. The lowest BCUT2D eigenvalue weighted by Crippen LogP contribution is -2.25. The van der Waals surface area contributed by atoms with Crippen molar-refractivity contribution >= 4 is 39.7 Å². The van der Waals surface area contributed by atoms with Gasteiger partial charge < -0.3 is 14.6 Å². The first-order chi connectivity index (χ1) is 13.5. The van der Waals surface area contributed by atoms with E-state index in [1.807, 2.05) is 30.3 Å². The Hall–Kier alpha value is -3.19. The summed E-state index contributed by atoms with van der Waals surface area (Å²) in [6.45, 7) is 1.71. The first kappa shape index (κ1) is 19.6. The number of ether oxygens (including phenoxy) is 1. The largest absolute Gasteiger partial charge is 0.444 e. The number of benzene rings is 2. The Bertz CT molecular complexity index is 998. The van der Waals surface area contributed by atoms with Crippen LogP contribution in [0.15, 0.2) is 75.7 Å². The molecule has 6 nitrogen and oxygen atoms in total. The van der Waals surface area contributed by atoms with E-state index in [1.165, 1.54) is 6.08 Å². The second-order valence-electron chi connectivity index (χ2n) is 5.93. The Morgan fingerprint density at radius 3 is 2.61 bits per heavy atom. The quantitative estimate of drug-likeness (QED) is 0.444. The van der Waals surface area contributed by atoms with Gasteiger partial charge in [0, 0.05) is 22.2 Å². The molecule has 1 atom stereocenters. The number of carbonyl (C=O) groups is 2. The summed E-state index contributed by atoms with van der Waals surface area (Å²) in [7, 11) is 0. The highest BCUT2D eigenvalue weighted by atomic mass is 79.9. The molecule has 0 saturated heterocycles. The molecule has 0 aliphatic carbocycles. The molecule has 3 rings (SSSR count). The minimum absolute atomic E-state index is 0.254. The summed E-state index contributed by atoms with van der Waals surface area (Å²) in [5, 5.41) is 6.33. The van der Waals surface area contributed by atoms with E-state index in [-0.39, 0.29) is 5.82 Å². The molecule has 7 heteroatoms. The predicted molar refractivity (Wildman–Crippen MR) is 108 cm³/mol. The van der Waals surface area contributed by atoms with Gasteiger partial charge in [0.15, 0.2) is 5.82 Å². The van der Waals surface area contributed by atoms with E-state index in [1.54, 1.807) is 43.3 Å². The number of aryl methyl sites for hydroxylation is 1. The van der Waals surface area contributed by atoms with Gasteiger partial charge in [-0.05, 0) is 30.7 Å². The summed E-state index contributed by atoms with van der Waals surface area (Å²) in [6.07, 6.45) is 1.78. The standard InChI is InChI=1S/C21H17BrN2O4/c1-14-12-18(24-28-14)23-21(26)20(16-7-3-2-4-8-16)27-19(25)11-10-15-6-5-9-17(22)13-15/h2-13,20H,1H3,(H,23,24,26)/b11-10+. The Balaban J connectivity index is 1.75. The summed E-state index contributed by atoms with van der Waals surface area (Å²) in [4.78, 5) is 25.0. The smallest absolute Gasteiger partial charge is 0.331 e. The molecular formula is C21H17BrN2O4. The minimum atomic E-state index is -1.13. The van der Waals surface area contributed by atoms with E-state index in [0.717, 1.165) is 10.0 Å². The zero-order chi connectivity index (χ0) is 19.9. The van der Waals surface area contributed by atoms with Crippen LogP contribution in [0.5, 0.6) is 0 Å². The summed E-state index contributed by atoms with van der Waals surface area (Å²) in [5.41, 5.74) is 1.37. The SMILES string of the molecule is Cc1cc(NC(=O)C(OC(=O)/C=C/c2cccc(Br)c2)c2ccccc2)no1. The van der Waals surface area contributed by atoms with Crippen LogP contribution in [0.2, 0.25) is 0 Å². The van der Waals surface area contributed by atoms with Gasteiger partial charge in [-0.25, -0.2) is 4.79 Å². The van der Waals surface area contributed by atoms with Crippen molar-refractivity contribution in [3.05, 3.63) is 88.1 Å². The van der Waals surface area contributed by atoms with Gasteiger partial charge in [0.2, 0.25) is 6.10 Å². The maximum absolute atomic E-state index is 12.7. The van der Waals surface area contributed by atoms with Crippen molar-refractivity contribution in [2.45, 2.75) is 13.0 Å². The third kappa shape index (κ3) is 5.40. The molecular weight excluding hydrogens is 424 g/mol. The fourth-order valence-electron chi connectivity index (χ4n) is 2.45. The van der Waals surface area contributed by atoms with Crippen LogP contribution in [0, 0.1) is 6.92 Å². The lowest BCUT2D eigenvalue weighted by Gasteiger charge is -2.16. The summed E-state index contributed by atoms with van der Waals surface area (Å²) >= 11 is 3.38. The van der Waals surface area contributed by atoms with Crippen LogP contribution in [0.4, 0.5) is 5.82 Å². The van der Waals surface area contributed by atoms with Gasteiger partial charge in [-0.1, -0.05) is 63.6 Å². The average Bonchev–Trinajstić information content (AvgIpc) is 3.09.